The Balaban J connectivity index is 1.52. The summed E-state index contributed by atoms with van der Waals surface area (Å²) in [7, 11) is 0. The van der Waals surface area contributed by atoms with Crippen LogP contribution in [-0.2, 0) is 16.1 Å². The number of rotatable bonds is 6. The molecule has 5 heterocycles. The van der Waals surface area contributed by atoms with Crippen molar-refractivity contribution in [2.24, 2.45) is 0 Å². The first-order valence-corrected chi connectivity index (χ1v) is 11.9. The highest BCUT2D eigenvalue weighted by Crippen LogP contribution is 2.34. The first-order valence-electron chi connectivity index (χ1n) is 10.7. The van der Waals surface area contributed by atoms with Crippen LogP contribution < -0.4 is 10.9 Å². The van der Waals surface area contributed by atoms with E-state index in [1.165, 1.54) is 16.2 Å². The van der Waals surface area contributed by atoms with Crippen molar-refractivity contribution in [1.29, 1.82) is 0 Å². The van der Waals surface area contributed by atoms with Crippen LogP contribution in [0, 0.1) is 6.92 Å². The highest BCUT2D eigenvalue weighted by molar-refractivity contribution is 8.26. The van der Waals surface area contributed by atoms with Gasteiger partial charge in [-0.1, -0.05) is 30.0 Å². The quantitative estimate of drug-likeness (QED) is 0.421. The van der Waals surface area contributed by atoms with Gasteiger partial charge in [0.25, 0.3) is 11.5 Å². The van der Waals surface area contributed by atoms with Gasteiger partial charge in [0.2, 0.25) is 0 Å². The molecule has 2 aliphatic heterocycles. The van der Waals surface area contributed by atoms with Crippen LogP contribution >= 0.6 is 24.0 Å². The molecule has 1 N–H and O–H groups in total. The molecule has 2 saturated heterocycles. The lowest BCUT2D eigenvalue weighted by atomic mass is 10.2. The fourth-order valence-corrected chi connectivity index (χ4v) is 5.14. The molecule has 0 radical (unpaired) electrons. The van der Waals surface area contributed by atoms with E-state index in [0.29, 0.717) is 51.7 Å². The minimum atomic E-state index is -0.268. The Kier molecular flexibility index (Phi) is 6.05. The van der Waals surface area contributed by atoms with Crippen molar-refractivity contribution >= 4 is 51.7 Å². The van der Waals surface area contributed by atoms with Crippen molar-refractivity contribution in [2.75, 3.05) is 18.5 Å². The molecular formula is C23H22N4O4S2. The van der Waals surface area contributed by atoms with E-state index in [1.807, 2.05) is 19.1 Å². The number of pyridine rings is 1. The van der Waals surface area contributed by atoms with E-state index in [1.54, 1.807) is 35.6 Å². The molecule has 5 rings (SSSR count). The minimum Gasteiger partial charge on any atom is -0.467 e. The summed E-state index contributed by atoms with van der Waals surface area (Å²) in [6.45, 7) is 3.39. The number of thioether (sulfide) groups is 1. The molecule has 1 unspecified atom stereocenters. The SMILES string of the molecule is Cc1ccc2nc(NCc3ccco3)c(/C=C3\SC(=S)N(CC4CCCO4)C3=O)c(=O)n2c1. The fourth-order valence-electron chi connectivity index (χ4n) is 3.89. The van der Waals surface area contributed by atoms with Gasteiger partial charge >= 0.3 is 0 Å². The van der Waals surface area contributed by atoms with Gasteiger partial charge in [-0.2, -0.15) is 0 Å². The molecule has 0 aliphatic carbocycles. The van der Waals surface area contributed by atoms with Crippen LogP contribution in [0.2, 0.25) is 0 Å². The molecular weight excluding hydrogens is 460 g/mol. The smallest absolute Gasteiger partial charge is 0.267 e. The summed E-state index contributed by atoms with van der Waals surface area (Å²) in [5, 5.41) is 3.18. The zero-order valence-electron chi connectivity index (χ0n) is 17.9. The maximum absolute atomic E-state index is 13.4. The van der Waals surface area contributed by atoms with Crippen LogP contribution in [-0.4, -0.2) is 43.8 Å². The van der Waals surface area contributed by atoms with Crippen molar-refractivity contribution in [2.45, 2.75) is 32.4 Å². The molecule has 0 bridgehead atoms. The summed E-state index contributed by atoms with van der Waals surface area (Å²) in [5.41, 5.74) is 1.46. The summed E-state index contributed by atoms with van der Waals surface area (Å²) < 4.78 is 13.0. The number of carbonyl (C=O) groups excluding carboxylic acids is 1. The first-order chi connectivity index (χ1) is 16.0. The van der Waals surface area contributed by atoms with Gasteiger partial charge in [0, 0.05) is 12.8 Å². The number of aromatic nitrogens is 2. The maximum atomic E-state index is 13.4. The maximum Gasteiger partial charge on any atom is 0.267 e. The Morgan fingerprint density at radius 3 is 2.97 bits per heavy atom. The van der Waals surface area contributed by atoms with Crippen LogP contribution in [0.4, 0.5) is 5.82 Å². The third-order valence-corrected chi connectivity index (χ3v) is 6.95. The minimum absolute atomic E-state index is 0.00620. The molecule has 0 aromatic carbocycles. The van der Waals surface area contributed by atoms with E-state index in [-0.39, 0.29) is 17.6 Å². The number of hydrogen-bond acceptors (Lipinski definition) is 8. The van der Waals surface area contributed by atoms with E-state index in [4.69, 9.17) is 21.4 Å². The molecule has 33 heavy (non-hydrogen) atoms. The Bertz CT molecular complexity index is 1310. The number of nitrogens with zero attached hydrogens (tertiary/aromatic N) is 3. The first kappa shape index (κ1) is 21.9. The number of anilines is 1. The van der Waals surface area contributed by atoms with E-state index in [0.717, 1.165) is 18.4 Å². The van der Waals surface area contributed by atoms with Gasteiger partial charge < -0.3 is 14.5 Å². The van der Waals surface area contributed by atoms with Gasteiger partial charge in [-0.3, -0.25) is 18.9 Å². The topological polar surface area (TPSA) is 89.1 Å². The Morgan fingerprint density at radius 1 is 1.33 bits per heavy atom. The molecule has 170 valence electrons. The van der Waals surface area contributed by atoms with Gasteiger partial charge in [0.1, 0.15) is 21.5 Å². The Labute approximate surface area is 199 Å². The average molecular weight is 483 g/mol. The van der Waals surface area contributed by atoms with Gasteiger partial charge in [-0.25, -0.2) is 4.98 Å². The van der Waals surface area contributed by atoms with Crippen LogP contribution in [0.1, 0.15) is 29.7 Å². The number of furan rings is 1. The molecule has 8 nitrogen and oxygen atoms in total. The predicted octanol–water partition coefficient (Wildman–Crippen LogP) is 3.59. The molecule has 3 aromatic rings. The van der Waals surface area contributed by atoms with Crippen molar-refractivity contribution in [3.8, 4) is 0 Å². The molecule has 3 aromatic heterocycles. The van der Waals surface area contributed by atoms with Crippen molar-refractivity contribution in [3.05, 3.63) is 68.9 Å². The monoisotopic (exact) mass is 482 g/mol. The normalized spacial score (nSPS) is 19.8. The third-order valence-electron chi connectivity index (χ3n) is 5.57. The lowest BCUT2D eigenvalue weighted by molar-refractivity contribution is -0.123. The molecule has 1 atom stereocenters. The molecule has 2 fully saturated rings. The summed E-state index contributed by atoms with van der Waals surface area (Å²) >= 11 is 6.65. The van der Waals surface area contributed by atoms with E-state index in [2.05, 4.69) is 10.3 Å². The van der Waals surface area contributed by atoms with Gasteiger partial charge in [0.15, 0.2) is 0 Å². The van der Waals surface area contributed by atoms with Crippen molar-refractivity contribution < 1.29 is 13.9 Å². The second-order valence-corrected chi connectivity index (χ2v) is 9.65. The zero-order chi connectivity index (χ0) is 22.9. The Hall–Kier alpha value is -2.95. The Morgan fingerprint density at radius 2 is 2.21 bits per heavy atom. The molecule has 10 heteroatoms. The van der Waals surface area contributed by atoms with E-state index >= 15 is 0 Å². The fraction of sp³-hybridized carbons (Fsp3) is 0.304. The average Bonchev–Trinajstić information content (AvgIpc) is 3.55. The van der Waals surface area contributed by atoms with E-state index in [9.17, 15) is 9.59 Å². The van der Waals surface area contributed by atoms with E-state index < -0.39 is 0 Å². The second-order valence-electron chi connectivity index (χ2n) is 7.97. The third kappa shape index (κ3) is 4.46. The van der Waals surface area contributed by atoms with Crippen LogP contribution in [0.25, 0.3) is 11.7 Å². The van der Waals surface area contributed by atoms with Crippen molar-refractivity contribution in [3.63, 3.8) is 0 Å². The van der Waals surface area contributed by atoms with Crippen LogP contribution in [0.3, 0.4) is 0 Å². The van der Waals surface area contributed by atoms with Crippen LogP contribution in [0.15, 0.2) is 50.8 Å². The number of thiocarbonyl (C=S) groups is 1. The van der Waals surface area contributed by atoms with Gasteiger partial charge in [0.05, 0.1) is 35.9 Å². The number of aryl methyl sites for hydroxylation is 1. The summed E-state index contributed by atoms with van der Waals surface area (Å²) in [5.74, 6) is 0.866. The molecule has 0 saturated carbocycles. The van der Waals surface area contributed by atoms with Crippen LogP contribution in [0.5, 0.6) is 0 Å². The number of carbonyl (C=O) groups is 1. The summed E-state index contributed by atoms with van der Waals surface area (Å²) in [6, 6.07) is 7.32. The number of amides is 1. The molecule has 2 aliphatic rings. The predicted molar refractivity (Wildman–Crippen MR) is 131 cm³/mol. The van der Waals surface area contributed by atoms with Gasteiger partial charge in [-0.15, -0.1) is 0 Å². The number of fused-ring (bicyclic) bond motifs is 1. The number of hydrogen-bond donors (Lipinski definition) is 1. The van der Waals surface area contributed by atoms with Gasteiger partial charge in [-0.05, 0) is 49.6 Å². The standard InChI is InChI=1S/C23H22N4O4S2/c1-14-6-7-19-25-20(24-11-15-4-2-8-30-15)17(21(28)26(19)12-14)10-18-22(29)27(23(32)33-18)13-16-5-3-9-31-16/h2,4,6-8,10,12,16,24H,3,5,9,11,13H2,1H3/b18-10-. The largest absolute Gasteiger partial charge is 0.467 e. The number of ether oxygens (including phenoxy) is 1. The lowest BCUT2D eigenvalue weighted by Gasteiger charge is -2.18. The lowest BCUT2D eigenvalue weighted by Crippen LogP contribution is -2.35. The second kappa shape index (κ2) is 9.12. The highest BCUT2D eigenvalue weighted by atomic mass is 32.2. The zero-order valence-corrected chi connectivity index (χ0v) is 19.6. The highest BCUT2D eigenvalue weighted by Gasteiger charge is 2.35. The number of nitrogens with one attached hydrogen (secondary N) is 1. The summed E-state index contributed by atoms with van der Waals surface area (Å²) in [6.07, 6.45) is 6.80. The summed E-state index contributed by atoms with van der Waals surface area (Å²) in [4.78, 5) is 33.2. The molecule has 1 amide bonds. The molecule has 0 spiro atoms. The van der Waals surface area contributed by atoms with Crippen molar-refractivity contribution in [1.82, 2.24) is 14.3 Å².